The summed E-state index contributed by atoms with van der Waals surface area (Å²) < 4.78 is 0. The molecule has 0 radical (unpaired) electrons. The molecule has 1 aromatic rings. The molecule has 4 heteroatoms. The van der Waals surface area contributed by atoms with Crippen LogP contribution in [0.5, 0.6) is 0 Å². The first-order valence-electron chi connectivity index (χ1n) is 8.72. The highest BCUT2D eigenvalue weighted by molar-refractivity contribution is 6.00. The van der Waals surface area contributed by atoms with E-state index >= 15 is 0 Å². The molecule has 2 fully saturated rings. The van der Waals surface area contributed by atoms with Gasteiger partial charge in [-0.15, -0.1) is 0 Å². The van der Waals surface area contributed by atoms with E-state index in [1.54, 1.807) is 4.90 Å². The molecular formula is C19H26N2O2. The Morgan fingerprint density at radius 3 is 2.39 bits per heavy atom. The molecule has 1 aromatic carbocycles. The second kappa shape index (κ2) is 6.73. The van der Waals surface area contributed by atoms with Crippen molar-refractivity contribution < 1.29 is 9.59 Å². The van der Waals surface area contributed by atoms with Crippen LogP contribution in [0.4, 0.5) is 5.69 Å². The van der Waals surface area contributed by atoms with E-state index in [1.807, 2.05) is 23.1 Å². The zero-order chi connectivity index (χ0) is 16.4. The maximum atomic E-state index is 12.7. The van der Waals surface area contributed by atoms with Crippen LogP contribution in [0.2, 0.25) is 0 Å². The van der Waals surface area contributed by atoms with Gasteiger partial charge in [0, 0.05) is 31.7 Å². The standard InChI is InChI=1S/C19H26N2O2/c1-14-7-8-17(11-15(14)2)21-13-16(12-18(21)22)19(23)20-9-5-3-4-6-10-20/h7-8,11,16H,3-6,9-10,12-13H2,1-2H3/t16-/m1/s1. The number of aryl methyl sites for hydroxylation is 2. The Hall–Kier alpha value is -1.84. The average molecular weight is 314 g/mol. The molecule has 124 valence electrons. The third-order valence-corrected chi connectivity index (χ3v) is 5.19. The van der Waals surface area contributed by atoms with Crippen molar-refractivity contribution in [2.24, 2.45) is 5.92 Å². The molecule has 0 spiro atoms. The Kier molecular flexibility index (Phi) is 4.69. The van der Waals surface area contributed by atoms with Crippen molar-refractivity contribution in [3.8, 4) is 0 Å². The molecule has 1 atom stereocenters. The SMILES string of the molecule is Cc1ccc(N2C[C@H](C(=O)N3CCCCCC3)CC2=O)cc1C. The van der Waals surface area contributed by atoms with E-state index in [-0.39, 0.29) is 17.7 Å². The highest BCUT2D eigenvalue weighted by atomic mass is 16.2. The molecule has 2 aliphatic rings. The van der Waals surface area contributed by atoms with Gasteiger partial charge in [-0.25, -0.2) is 0 Å². The van der Waals surface area contributed by atoms with Gasteiger partial charge in [-0.2, -0.15) is 0 Å². The van der Waals surface area contributed by atoms with Gasteiger partial charge in [0.2, 0.25) is 11.8 Å². The van der Waals surface area contributed by atoms with Crippen LogP contribution in [-0.2, 0) is 9.59 Å². The van der Waals surface area contributed by atoms with Crippen LogP contribution in [0, 0.1) is 19.8 Å². The summed E-state index contributed by atoms with van der Waals surface area (Å²) in [6.45, 7) is 6.35. The van der Waals surface area contributed by atoms with E-state index in [9.17, 15) is 9.59 Å². The van der Waals surface area contributed by atoms with E-state index < -0.39 is 0 Å². The van der Waals surface area contributed by atoms with Gasteiger partial charge in [-0.1, -0.05) is 18.9 Å². The van der Waals surface area contributed by atoms with Gasteiger partial charge < -0.3 is 9.80 Å². The number of likely N-dealkylation sites (tertiary alicyclic amines) is 1. The lowest BCUT2D eigenvalue weighted by atomic mass is 10.1. The lowest BCUT2D eigenvalue weighted by Crippen LogP contribution is -2.38. The molecule has 0 unspecified atom stereocenters. The van der Waals surface area contributed by atoms with Crippen LogP contribution in [0.1, 0.15) is 43.2 Å². The number of anilines is 1. The lowest BCUT2D eigenvalue weighted by molar-refractivity contribution is -0.135. The first-order valence-corrected chi connectivity index (χ1v) is 8.72. The van der Waals surface area contributed by atoms with Gasteiger partial charge in [0.1, 0.15) is 0 Å². The van der Waals surface area contributed by atoms with Crippen LogP contribution in [0.3, 0.4) is 0 Å². The highest BCUT2D eigenvalue weighted by Gasteiger charge is 2.37. The molecule has 4 nitrogen and oxygen atoms in total. The predicted molar refractivity (Wildman–Crippen MR) is 91.4 cm³/mol. The van der Waals surface area contributed by atoms with Crippen molar-refractivity contribution in [1.82, 2.24) is 4.90 Å². The summed E-state index contributed by atoms with van der Waals surface area (Å²) in [5.74, 6) is 0.0650. The molecule has 0 N–H and O–H groups in total. The summed E-state index contributed by atoms with van der Waals surface area (Å²) in [4.78, 5) is 28.9. The summed E-state index contributed by atoms with van der Waals surface area (Å²) >= 11 is 0. The Labute approximate surface area is 138 Å². The van der Waals surface area contributed by atoms with E-state index in [1.165, 1.54) is 24.0 Å². The molecular weight excluding hydrogens is 288 g/mol. The minimum absolute atomic E-state index is 0.0708. The number of amides is 2. The highest BCUT2D eigenvalue weighted by Crippen LogP contribution is 2.28. The molecule has 0 aliphatic carbocycles. The number of rotatable bonds is 2. The monoisotopic (exact) mass is 314 g/mol. The molecule has 2 heterocycles. The molecule has 23 heavy (non-hydrogen) atoms. The van der Waals surface area contributed by atoms with Crippen LogP contribution in [0.15, 0.2) is 18.2 Å². The molecule has 0 bridgehead atoms. The largest absolute Gasteiger partial charge is 0.342 e. The molecule has 2 amide bonds. The van der Waals surface area contributed by atoms with E-state index in [0.717, 1.165) is 31.6 Å². The first kappa shape index (κ1) is 16.0. The van der Waals surface area contributed by atoms with Gasteiger partial charge in [0.15, 0.2) is 0 Å². The Morgan fingerprint density at radius 1 is 1.04 bits per heavy atom. The third-order valence-electron chi connectivity index (χ3n) is 5.19. The van der Waals surface area contributed by atoms with E-state index in [4.69, 9.17) is 0 Å². The molecule has 0 saturated carbocycles. The number of hydrogen-bond acceptors (Lipinski definition) is 2. The van der Waals surface area contributed by atoms with Crippen molar-refractivity contribution in [1.29, 1.82) is 0 Å². The summed E-state index contributed by atoms with van der Waals surface area (Å²) in [6.07, 6.45) is 4.95. The Bertz CT molecular complexity index is 603. The Morgan fingerprint density at radius 2 is 1.74 bits per heavy atom. The van der Waals surface area contributed by atoms with Gasteiger partial charge in [0.25, 0.3) is 0 Å². The number of benzene rings is 1. The van der Waals surface area contributed by atoms with Gasteiger partial charge in [0.05, 0.1) is 5.92 Å². The van der Waals surface area contributed by atoms with E-state index in [0.29, 0.717) is 13.0 Å². The predicted octanol–water partition coefficient (Wildman–Crippen LogP) is 3.06. The average Bonchev–Trinajstić information content (AvgIpc) is 2.75. The van der Waals surface area contributed by atoms with Crippen LogP contribution < -0.4 is 4.90 Å². The van der Waals surface area contributed by atoms with Crippen LogP contribution in [0.25, 0.3) is 0 Å². The summed E-state index contributed by atoms with van der Waals surface area (Å²) in [5.41, 5.74) is 3.32. The summed E-state index contributed by atoms with van der Waals surface area (Å²) in [5, 5.41) is 0. The van der Waals surface area contributed by atoms with Crippen molar-refractivity contribution in [3.05, 3.63) is 29.3 Å². The molecule has 2 saturated heterocycles. The van der Waals surface area contributed by atoms with Gasteiger partial charge in [-0.3, -0.25) is 9.59 Å². The molecule has 3 rings (SSSR count). The zero-order valence-corrected chi connectivity index (χ0v) is 14.2. The van der Waals surface area contributed by atoms with Gasteiger partial charge in [-0.05, 0) is 49.9 Å². The summed E-state index contributed by atoms with van der Waals surface area (Å²) in [6, 6.07) is 6.08. The maximum Gasteiger partial charge on any atom is 0.228 e. The minimum Gasteiger partial charge on any atom is -0.342 e. The number of hydrogen-bond donors (Lipinski definition) is 0. The smallest absolute Gasteiger partial charge is 0.228 e. The molecule has 0 aromatic heterocycles. The fourth-order valence-electron chi connectivity index (χ4n) is 3.57. The van der Waals surface area contributed by atoms with Crippen molar-refractivity contribution in [3.63, 3.8) is 0 Å². The third kappa shape index (κ3) is 3.41. The zero-order valence-electron chi connectivity index (χ0n) is 14.2. The second-order valence-corrected chi connectivity index (χ2v) is 6.91. The fourth-order valence-corrected chi connectivity index (χ4v) is 3.57. The van der Waals surface area contributed by atoms with Crippen molar-refractivity contribution in [2.45, 2.75) is 46.0 Å². The Balaban J connectivity index is 1.71. The van der Waals surface area contributed by atoms with Gasteiger partial charge >= 0.3 is 0 Å². The second-order valence-electron chi connectivity index (χ2n) is 6.91. The molecule has 2 aliphatic heterocycles. The maximum absolute atomic E-state index is 12.7. The number of carbonyl (C=O) groups is 2. The topological polar surface area (TPSA) is 40.6 Å². The van der Waals surface area contributed by atoms with Crippen molar-refractivity contribution in [2.75, 3.05) is 24.5 Å². The fraction of sp³-hybridized carbons (Fsp3) is 0.579. The van der Waals surface area contributed by atoms with Crippen LogP contribution in [-0.4, -0.2) is 36.3 Å². The number of nitrogens with zero attached hydrogens (tertiary/aromatic N) is 2. The van der Waals surface area contributed by atoms with Crippen LogP contribution >= 0.6 is 0 Å². The lowest BCUT2D eigenvalue weighted by Gasteiger charge is -2.24. The number of carbonyl (C=O) groups excluding carboxylic acids is 2. The van der Waals surface area contributed by atoms with Crippen molar-refractivity contribution >= 4 is 17.5 Å². The quantitative estimate of drug-likeness (QED) is 0.842. The minimum atomic E-state index is -0.179. The first-order chi connectivity index (χ1) is 11.1. The normalized spacial score (nSPS) is 22.3. The van der Waals surface area contributed by atoms with E-state index in [2.05, 4.69) is 13.8 Å². The summed E-state index contributed by atoms with van der Waals surface area (Å²) in [7, 11) is 0.